The summed E-state index contributed by atoms with van der Waals surface area (Å²) < 4.78 is 12.4. The number of rotatable bonds is 8. The Kier molecular flexibility index (Phi) is 6.13. The van der Waals surface area contributed by atoms with Gasteiger partial charge in [-0.2, -0.15) is 5.23 Å². The minimum atomic E-state index is -1.29. The first-order valence-electron chi connectivity index (χ1n) is 8.81. The molecule has 0 saturated carbocycles. The Balaban J connectivity index is 1.76. The molecule has 1 heterocycles. The molecular formula is C20H20N2O7. The zero-order chi connectivity index (χ0) is 21.0. The first kappa shape index (κ1) is 20.3. The predicted molar refractivity (Wildman–Crippen MR) is 104 cm³/mol. The zero-order valence-corrected chi connectivity index (χ0v) is 15.6. The molecule has 9 heteroatoms. The Morgan fingerprint density at radius 2 is 1.86 bits per heavy atom. The topological polar surface area (TPSA) is 125 Å². The van der Waals surface area contributed by atoms with Crippen molar-refractivity contribution in [1.82, 2.24) is 4.57 Å². The normalized spacial score (nSPS) is 12.0. The fraction of sp³-hybridized carbons (Fsp3) is 0.200. The highest BCUT2D eigenvalue weighted by Crippen LogP contribution is 2.20. The fourth-order valence-electron chi connectivity index (χ4n) is 2.96. The largest absolute Gasteiger partial charge is 0.595 e. The van der Waals surface area contributed by atoms with Crippen LogP contribution in [0.1, 0.15) is 16.8 Å². The average Bonchev–Trinajstić information content (AvgIpc) is 2.72. The molecule has 0 radical (unpaired) electrons. The van der Waals surface area contributed by atoms with Crippen LogP contribution >= 0.6 is 0 Å². The van der Waals surface area contributed by atoms with Crippen LogP contribution < -0.4 is 20.1 Å². The van der Waals surface area contributed by atoms with Gasteiger partial charge in [0.1, 0.15) is 17.1 Å². The number of carboxylic acid groups (broad SMARTS) is 1. The van der Waals surface area contributed by atoms with Gasteiger partial charge < -0.3 is 24.4 Å². The molecule has 3 N–H and O–H groups in total. The Hall–Kier alpha value is -3.40. The molecule has 152 valence electrons. The molecular weight excluding hydrogens is 380 g/mol. The number of hydrogen-bond donors (Lipinski definition) is 3. The lowest BCUT2D eigenvalue weighted by Gasteiger charge is -2.14. The third kappa shape index (κ3) is 4.54. The highest BCUT2D eigenvalue weighted by molar-refractivity contribution is 5.92. The van der Waals surface area contributed by atoms with Gasteiger partial charge >= 0.3 is 5.97 Å². The Labute approximate surface area is 165 Å². The maximum absolute atomic E-state index is 12.5. The molecule has 0 bridgehead atoms. The Morgan fingerprint density at radius 3 is 2.48 bits per heavy atom. The molecule has 0 fully saturated rings. The third-order valence-corrected chi connectivity index (χ3v) is 4.43. The van der Waals surface area contributed by atoms with Gasteiger partial charge in [0, 0.05) is 24.9 Å². The van der Waals surface area contributed by atoms with E-state index in [-0.39, 0.29) is 16.6 Å². The number of aromatic carboxylic acids is 1. The van der Waals surface area contributed by atoms with E-state index in [4.69, 9.17) is 14.7 Å². The van der Waals surface area contributed by atoms with E-state index in [1.807, 2.05) is 0 Å². The third-order valence-electron chi connectivity index (χ3n) is 4.43. The molecule has 2 aromatic carbocycles. The lowest BCUT2D eigenvalue weighted by Crippen LogP contribution is -2.99. The molecule has 0 aliphatic carbocycles. The van der Waals surface area contributed by atoms with Crippen molar-refractivity contribution in [3.63, 3.8) is 0 Å². The highest BCUT2D eigenvalue weighted by Gasteiger charge is 2.15. The number of pyridine rings is 1. The first-order chi connectivity index (χ1) is 13.9. The van der Waals surface area contributed by atoms with E-state index in [1.54, 1.807) is 28.8 Å². The monoisotopic (exact) mass is 400 g/mol. The van der Waals surface area contributed by atoms with Crippen molar-refractivity contribution >= 4 is 22.6 Å². The summed E-state index contributed by atoms with van der Waals surface area (Å²) in [4.78, 5) is 23.9. The summed E-state index contributed by atoms with van der Waals surface area (Å²) >= 11 is 0. The Bertz CT molecular complexity index is 1070. The van der Waals surface area contributed by atoms with Gasteiger partial charge in [-0.3, -0.25) is 4.79 Å². The number of methoxy groups -OCH3 is 1. The Morgan fingerprint density at radius 1 is 1.17 bits per heavy atom. The van der Waals surface area contributed by atoms with Crippen LogP contribution in [-0.4, -0.2) is 34.6 Å². The molecule has 29 heavy (non-hydrogen) atoms. The van der Waals surface area contributed by atoms with Crippen LogP contribution in [0.2, 0.25) is 0 Å². The quantitative estimate of drug-likeness (QED) is 0.387. The van der Waals surface area contributed by atoms with Gasteiger partial charge in [0.05, 0.1) is 24.6 Å². The molecule has 1 aromatic heterocycles. The number of carbonyl (C=O) groups is 1. The number of fused-ring (bicyclic) bond motifs is 1. The van der Waals surface area contributed by atoms with E-state index in [0.29, 0.717) is 36.6 Å². The highest BCUT2D eigenvalue weighted by atomic mass is 16.8. The van der Waals surface area contributed by atoms with Gasteiger partial charge in [-0.15, -0.1) is 0 Å². The summed E-state index contributed by atoms with van der Waals surface area (Å²) in [5, 5.41) is 28.4. The van der Waals surface area contributed by atoms with Crippen LogP contribution in [0.5, 0.6) is 11.5 Å². The van der Waals surface area contributed by atoms with Crippen LogP contribution in [0.15, 0.2) is 53.5 Å². The molecule has 3 aromatic rings. The number of carboxylic acids is 1. The van der Waals surface area contributed by atoms with Gasteiger partial charge in [0.25, 0.3) is 0 Å². The standard InChI is InChI=1S/C20H20N2O7/c1-28-15-7-8-18-16(11-15)19(23)17(20(24)25)12-21(18)9-2-10-29-14-5-3-13(4-6-14)22(26)27/h3-8,11-12,22,26H,2,9-10H2,1H3,(H,24,25). The van der Waals surface area contributed by atoms with Crippen molar-refractivity contribution in [2.75, 3.05) is 13.7 Å². The predicted octanol–water partition coefficient (Wildman–Crippen LogP) is 1.58. The van der Waals surface area contributed by atoms with E-state index in [2.05, 4.69) is 0 Å². The van der Waals surface area contributed by atoms with Gasteiger partial charge in [-0.05, 0) is 36.8 Å². The summed E-state index contributed by atoms with van der Waals surface area (Å²) in [5.41, 5.74) is -0.0892. The van der Waals surface area contributed by atoms with E-state index in [1.165, 1.54) is 31.5 Å². The van der Waals surface area contributed by atoms with Crippen LogP contribution in [0.25, 0.3) is 10.9 Å². The SMILES string of the molecule is COc1ccc2c(c1)c(=O)c(C(=O)O)cn2CCCOc1ccc([NH+]([O-])O)cc1. The number of nitrogens with one attached hydrogen (secondary N) is 1. The van der Waals surface area contributed by atoms with Gasteiger partial charge in [0.15, 0.2) is 5.69 Å². The maximum Gasteiger partial charge on any atom is 0.341 e. The summed E-state index contributed by atoms with van der Waals surface area (Å²) in [6.07, 6.45) is 1.88. The molecule has 0 saturated heterocycles. The molecule has 0 amide bonds. The van der Waals surface area contributed by atoms with E-state index in [9.17, 15) is 19.9 Å². The number of benzene rings is 2. The summed E-state index contributed by atoms with van der Waals surface area (Å²) in [5.74, 6) is -0.282. The number of ether oxygens (including phenoxy) is 2. The minimum Gasteiger partial charge on any atom is -0.595 e. The number of hydrogen-bond acceptors (Lipinski definition) is 6. The minimum absolute atomic E-state index is 0.175. The van der Waals surface area contributed by atoms with E-state index >= 15 is 0 Å². The van der Waals surface area contributed by atoms with Crippen molar-refractivity contribution in [3.8, 4) is 11.5 Å². The van der Waals surface area contributed by atoms with E-state index < -0.39 is 16.6 Å². The zero-order valence-electron chi connectivity index (χ0n) is 15.6. The molecule has 1 atom stereocenters. The number of quaternary nitrogens is 1. The molecule has 3 rings (SSSR count). The van der Waals surface area contributed by atoms with Gasteiger partial charge in [-0.1, -0.05) is 0 Å². The average molecular weight is 400 g/mol. The van der Waals surface area contributed by atoms with Gasteiger partial charge in [0.2, 0.25) is 5.43 Å². The van der Waals surface area contributed by atoms with Crippen molar-refractivity contribution in [2.45, 2.75) is 13.0 Å². The summed E-state index contributed by atoms with van der Waals surface area (Å²) in [6, 6.07) is 11.0. The molecule has 0 aliphatic rings. The smallest absolute Gasteiger partial charge is 0.341 e. The van der Waals surface area contributed by atoms with Crippen LogP contribution in [0, 0.1) is 5.21 Å². The molecule has 1 unspecified atom stereocenters. The second-order valence-electron chi connectivity index (χ2n) is 6.29. The van der Waals surface area contributed by atoms with Crippen LogP contribution in [-0.2, 0) is 6.54 Å². The number of nitrogens with zero attached hydrogens (tertiary/aromatic N) is 1. The second kappa shape index (κ2) is 8.74. The number of aryl methyl sites for hydroxylation is 1. The van der Waals surface area contributed by atoms with E-state index in [0.717, 1.165) is 0 Å². The van der Waals surface area contributed by atoms with Crippen molar-refractivity contribution < 1.29 is 29.8 Å². The second-order valence-corrected chi connectivity index (χ2v) is 6.29. The molecule has 0 aliphatic heterocycles. The molecule has 0 spiro atoms. The maximum atomic E-state index is 12.5. The van der Waals surface area contributed by atoms with Gasteiger partial charge in [-0.25, -0.2) is 10.0 Å². The fourth-order valence-corrected chi connectivity index (χ4v) is 2.96. The van der Waals surface area contributed by atoms with Crippen LogP contribution in [0.4, 0.5) is 5.69 Å². The van der Waals surface area contributed by atoms with Crippen molar-refractivity contribution in [2.24, 2.45) is 0 Å². The summed E-state index contributed by atoms with van der Waals surface area (Å²) in [7, 11) is 1.47. The van der Waals surface area contributed by atoms with Crippen molar-refractivity contribution in [1.29, 1.82) is 0 Å². The molecule has 9 nitrogen and oxygen atoms in total. The lowest BCUT2D eigenvalue weighted by atomic mass is 10.1. The summed E-state index contributed by atoms with van der Waals surface area (Å²) in [6.45, 7) is 0.759. The van der Waals surface area contributed by atoms with Crippen molar-refractivity contribution in [3.05, 3.63) is 69.7 Å². The lowest BCUT2D eigenvalue weighted by molar-refractivity contribution is -0.991. The van der Waals surface area contributed by atoms with Crippen LogP contribution in [0.3, 0.4) is 0 Å². The number of aromatic nitrogens is 1. The first-order valence-corrected chi connectivity index (χ1v) is 8.81.